The molecule has 0 saturated carbocycles. The van der Waals surface area contributed by atoms with Crippen molar-refractivity contribution in [2.75, 3.05) is 5.73 Å². The van der Waals surface area contributed by atoms with Crippen molar-refractivity contribution in [1.82, 2.24) is 4.98 Å². The van der Waals surface area contributed by atoms with Crippen LogP contribution >= 0.6 is 0 Å². The molecule has 0 aliphatic carbocycles. The first-order valence-corrected chi connectivity index (χ1v) is 4.52. The van der Waals surface area contributed by atoms with Crippen LogP contribution in [0, 0.1) is 11.3 Å². The monoisotopic (exact) mass is 195 g/mol. The van der Waals surface area contributed by atoms with Gasteiger partial charge < -0.3 is 5.73 Å². The standard InChI is InChI=1S/C12H9N3/c13-7-3-4-9-8-15-12(14)11-6-2-1-5-10(9)11/h1-6,8H,(H2,14,15). The van der Waals surface area contributed by atoms with Crippen LogP contribution in [0.4, 0.5) is 5.82 Å². The molecule has 15 heavy (non-hydrogen) atoms. The zero-order chi connectivity index (χ0) is 10.7. The number of nitrogen functional groups attached to an aromatic ring is 1. The number of nitriles is 1. The molecule has 2 N–H and O–H groups in total. The van der Waals surface area contributed by atoms with Crippen molar-refractivity contribution in [3.8, 4) is 6.07 Å². The van der Waals surface area contributed by atoms with E-state index in [1.54, 1.807) is 12.3 Å². The first kappa shape index (κ1) is 9.22. The number of rotatable bonds is 1. The third-order valence-corrected chi connectivity index (χ3v) is 2.19. The number of hydrogen-bond donors (Lipinski definition) is 1. The molecule has 0 fully saturated rings. The van der Waals surface area contributed by atoms with Crippen molar-refractivity contribution >= 4 is 22.7 Å². The molecule has 2 aromatic rings. The van der Waals surface area contributed by atoms with Gasteiger partial charge in [0.15, 0.2) is 0 Å². The summed E-state index contributed by atoms with van der Waals surface area (Å²) in [5.41, 5.74) is 6.66. The van der Waals surface area contributed by atoms with Gasteiger partial charge in [-0.3, -0.25) is 0 Å². The van der Waals surface area contributed by atoms with E-state index in [2.05, 4.69) is 4.98 Å². The number of nitrogens with two attached hydrogens (primary N) is 1. The lowest BCUT2D eigenvalue weighted by Crippen LogP contribution is -1.92. The van der Waals surface area contributed by atoms with Crippen molar-refractivity contribution < 1.29 is 0 Å². The van der Waals surface area contributed by atoms with Gasteiger partial charge in [-0.2, -0.15) is 5.26 Å². The van der Waals surface area contributed by atoms with Crippen LogP contribution in [0.3, 0.4) is 0 Å². The quantitative estimate of drug-likeness (QED) is 0.710. The highest BCUT2D eigenvalue weighted by Gasteiger charge is 2.01. The van der Waals surface area contributed by atoms with Crippen molar-refractivity contribution in [1.29, 1.82) is 5.26 Å². The Bertz CT molecular complexity index is 565. The maximum Gasteiger partial charge on any atom is 0.131 e. The van der Waals surface area contributed by atoms with Gasteiger partial charge in [-0.15, -0.1) is 0 Å². The SMILES string of the molecule is N#CC=Cc1cnc(N)c2ccccc12. The molecular weight excluding hydrogens is 186 g/mol. The van der Waals surface area contributed by atoms with Crippen LogP contribution in [0.2, 0.25) is 0 Å². The lowest BCUT2D eigenvalue weighted by atomic mass is 10.1. The highest BCUT2D eigenvalue weighted by Crippen LogP contribution is 2.22. The zero-order valence-corrected chi connectivity index (χ0v) is 8.01. The Morgan fingerprint density at radius 1 is 1.27 bits per heavy atom. The minimum Gasteiger partial charge on any atom is -0.383 e. The summed E-state index contributed by atoms with van der Waals surface area (Å²) < 4.78 is 0. The first-order valence-electron chi connectivity index (χ1n) is 4.52. The van der Waals surface area contributed by atoms with Crippen LogP contribution in [-0.4, -0.2) is 4.98 Å². The van der Waals surface area contributed by atoms with Gasteiger partial charge in [0.2, 0.25) is 0 Å². The van der Waals surface area contributed by atoms with E-state index in [4.69, 9.17) is 11.0 Å². The summed E-state index contributed by atoms with van der Waals surface area (Å²) >= 11 is 0. The Morgan fingerprint density at radius 3 is 2.73 bits per heavy atom. The summed E-state index contributed by atoms with van der Waals surface area (Å²) in [6, 6.07) is 9.69. The maximum atomic E-state index is 8.47. The smallest absolute Gasteiger partial charge is 0.131 e. The Kier molecular flexibility index (Phi) is 2.34. The van der Waals surface area contributed by atoms with Gasteiger partial charge in [0.25, 0.3) is 0 Å². The van der Waals surface area contributed by atoms with Crippen molar-refractivity contribution in [2.24, 2.45) is 0 Å². The van der Waals surface area contributed by atoms with Crippen LogP contribution in [0.25, 0.3) is 16.8 Å². The number of fused-ring (bicyclic) bond motifs is 1. The molecule has 1 heterocycles. The molecule has 0 amide bonds. The molecule has 0 saturated heterocycles. The van der Waals surface area contributed by atoms with Crippen molar-refractivity contribution in [3.05, 3.63) is 42.1 Å². The van der Waals surface area contributed by atoms with Gasteiger partial charge in [-0.05, 0) is 11.5 Å². The van der Waals surface area contributed by atoms with Crippen LogP contribution in [0.1, 0.15) is 5.56 Å². The lowest BCUT2D eigenvalue weighted by Gasteiger charge is -2.03. The molecule has 2 rings (SSSR count). The Morgan fingerprint density at radius 2 is 2.00 bits per heavy atom. The fourth-order valence-electron chi connectivity index (χ4n) is 1.50. The van der Waals surface area contributed by atoms with Gasteiger partial charge in [0, 0.05) is 23.2 Å². The fourth-order valence-corrected chi connectivity index (χ4v) is 1.50. The molecule has 1 aromatic carbocycles. The van der Waals surface area contributed by atoms with E-state index in [1.165, 1.54) is 6.08 Å². The number of allylic oxidation sites excluding steroid dienone is 1. The first-order chi connectivity index (χ1) is 7.33. The fraction of sp³-hybridized carbons (Fsp3) is 0. The predicted octanol–water partition coefficient (Wildman–Crippen LogP) is 2.35. The number of hydrogen-bond acceptors (Lipinski definition) is 3. The molecule has 3 heteroatoms. The largest absolute Gasteiger partial charge is 0.383 e. The summed E-state index contributed by atoms with van der Waals surface area (Å²) in [7, 11) is 0. The minimum atomic E-state index is 0.514. The summed E-state index contributed by atoms with van der Waals surface area (Å²) in [4.78, 5) is 4.08. The summed E-state index contributed by atoms with van der Waals surface area (Å²) in [6.07, 6.45) is 4.83. The average molecular weight is 195 g/mol. The third kappa shape index (κ3) is 1.65. The molecule has 0 bridgehead atoms. The molecule has 3 nitrogen and oxygen atoms in total. The molecule has 72 valence electrons. The highest BCUT2D eigenvalue weighted by atomic mass is 14.8. The zero-order valence-electron chi connectivity index (χ0n) is 8.01. The van der Waals surface area contributed by atoms with E-state index in [1.807, 2.05) is 30.3 Å². The molecule has 0 unspecified atom stereocenters. The minimum absolute atomic E-state index is 0.514. The van der Waals surface area contributed by atoms with Gasteiger partial charge in [-0.1, -0.05) is 24.3 Å². The lowest BCUT2D eigenvalue weighted by molar-refractivity contribution is 1.36. The van der Waals surface area contributed by atoms with E-state index in [0.29, 0.717) is 5.82 Å². The number of aromatic nitrogens is 1. The predicted molar refractivity (Wildman–Crippen MR) is 60.8 cm³/mol. The van der Waals surface area contributed by atoms with Gasteiger partial charge >= 0.3 is 0 Å². The Labute approximate surface area is 87.5 Å². The Hall–Kier alpha value is -2.34. The Balaban J connectivity index is 2.73. The second-order valence-electron chi connectivity index (χ2n) is 3.11. The molecular formula is C12H9N3. The number of anilines is 1. The number of nitrogens with zero attached hydrogens (tertiary/aromatic N) is 2. The van der Waals surface area contributed by atoms with Gasteiger partial charge in [-0.25, -0.2) is 4.98 Å². The van der Waals surface area contributed by atoms with Crippen molar-refractivity contribution in [2.45, 2.75) is 0 Å². The third-order valence-electron chi connectivity index (χ3n) is 2.19. The number of pyridine rings is 1. The normalized spacial score (nSPS) is 10.6. The molecule has 0 aliphatic heterocycles. The van der Waals surface area contributed by atoms with Crippen LogP contribution < -0.4 is 5.73 Å². The summed E-state index contributed by atoms with van der Waals surface area (Å²) in [6.45, 7) is 0. The topological polar surface area (TPSA) is 62.7 Å². The molecule has 0 spiro atoms. The average Bonchev–Trinajstić information content (AvgIpc) is 2.29. The van der Waals surface area contributed by atoms with Crippen molar-refractivity contribution in [3.63, 3.8) is 0 Å². The molecule has 0 radical (unpaired) electrons. The molecule has 0 aliphatic rings. The maximum absolute atomic E-state index is 8.47. The van der Waals surface area contributed by atoms with Crippen LogP contribution in [-0.2, 0) is 0 Å². The highest BCUT2D eigenvalue weighted by molar-refractivity contribution is 5.96. The van der Waals surface area contributed by atoms with E-state index in [0.717, 1.165) is 16.3 Å². The van der Waals surface area contributed by atoms with Crippen LogP contribution in [0.15, 0.2) is 36.5 Å². The second-order valence-corrected chi connectivity index (χ2v) is 3.11. The van der Waals surface area contributed by atoms with E-state index in [-0.39, 0.29) is 0 Å². The number of benzene rings is 1. The molecule has 1 aromatic heterocycles. The second kappa shape index (κ2) is 3.81. The van der Waals surface area contributed by atoms with Gasteiger partial charge in [0.1, 0.15) is 5.82 Å². The van der Waals surface area contributed by atoms with E-state index >= 15 is 0 Å². The van der Waals surface area contributed by atoms with E-state index in [9.17, 15) is 0 Å². The summed E-state index contributed by atoms with van der Waals surface area (Å²) in [5, 5.41) is 10.4. The summed E-state index contributed by atoms with van der Waals surface area (Å²) in [5.74, 6) is 0.514. The van der Waals surface area contributed by atoms with Crippen LogP contribution in [0.5, 0.6) is 0 Å². The van der Waals surface area contributed by atoms with Gasteiger partial charge in [0.05, 0.1) is 6.07 Å². The van der Waals surface area contributed by atoms with E-state index < -0.39 is 0 Å². The molecule has 0 atom stereocenters.